The molecule has 2 amide bonds. The molecule has 1 atom stereocenters. The Morgan fingerprint density at radius 3 is 2.56 bits per heavy atom. The molecule has 6 nitrogen and oxygen atoms in total. The molecule has 0 aromatic heterocycles. The smallest absolute Gasteiger partial charge is 0.239 e. The Morgan fingerprint density at radius 2 is 2.00 bits per heavy atom. The van der Waals surface area contributed by atoms with Gasteiger partial charge in [-0.1, -0.05) is 0 Å². The highest BCUT2D eigenvalue weighted by Crippen LogP contribution is 1.95. The van der Waals surface area contributed by atoms with Gasteiger partial charge in [0.2, 0.25) is 11.8 Å². The molecule has 1 unspecified atom stereocenters. The minimum Gasteiger partial charge on any atom is -0.355 e. The van der Waals surface area contributed by atoms with Crippen LogP contribution in [0.25, 0.3) is 0 Å². The highest BCUT2D eigenvalue weighted by Gasteiger charge is 2.02. The van der Waals surface area contributed by atoms with Crippen LogP contribution in [0.1, 0.15) is 26.2 Å². The summed E-state index contributed by atoms with van der Waals surface area (Å²) in [7, 11) is 0. The number of unbranched alkanes of at least 4 members (excludes halogenated alkanes) is 1. The third-order valence-electron chi connectivity index (χ3n) is 1.96. The SMILES string of the molecule is CC(=O)NCC(=O)NCCCCC(N)C=O. The summed E-state index contributed by atoms with van der Waals surface area (Å²) in [6.07, 6.45) is 2.91. The molecule has 0 rings (SSSR count). The van der Waals surface area contributed by atoms with Crippen LogP contribution in [0, 0.1) is 0 Å². The first-order chi connectivity index (χ1) is 7.56. The molecule has 0 aliphatic carbocycles. The van der Waals surface area contributed by atoms with E-state index in [0.717, 1.165) is 19.1 Å². The van der Waals surface area contributed by atoms with Crippen molar-refractivity contribution in [1.29, 1.82) is 0 Å². The average Bonchev–Trinajstić information content (AvgIpc) is 2.25. The van der Waals surface area contributed by atoms with Gasteiger partial charge in [-0.2, -0.15) is 0 Å². The van der Waals surface area contributed by atoms with Gasteiger partial charge in [-0.25, -0.2) is 0 Å². The first-order valence-electron chi connectivity index (χ1n) is 5.28. The van der Waals surface area contributed by atoms with E-state index < -0.39 is 6.04 Å². The summed E-state index contributed by atoms with van der Waals surface area (Å²) < 4.78 is 0. The minimum atomic E-state index is -0.407. The van der Waals surface area contributed by atoms with E-state index in [1.165, 1.54) is 6.92 Å². The summed E-state index contributed by atoms with van der Waals surface area (Å²) >= 11 is 0. The van der Waals surface area contributed by atoms with Crippen LogP contribution in [0.5, 0.6) is 0 Å². The van der Waals surface area contributed by atoms with Crippen LogP contribution >= 0.6 is 0 Å². The van der Waals surface area contributed by atoms with Gasteiger partial charge < -0.3 is 21.2 Å². The molecule has 0 aliphatic rings. The molecule has 4 N–H and O–H groups in total. The van der Waals surface area contributed by atoms with Crippen LogP contribution in [0.4, 0.5) is 0 Å². The fraction of sp³-hybridized carbons (Fsp3) is 0.700. The second-order valence-electron chi connectivity index (χ2n) is 3.56. The Bertz CT molecular complexity index is 243. The van der Waals surface area contributed by atoms with E-state index >= 15 is 0 Å². The molecular formula is C10H19N3O3. The molecule has 16 heavy (non-hydrogen) atoms. The second-order valence-corrected chi connectivity index (χ2v) is 3.56. The van der Waals surface area contributed by atoms with Crippen molar-refractivity contribution in [2.24, 2.45) is 5.73 Å². The molecule has 0 heterocycles. The monoisotopic (exact) mass is 229 g/mol. The van der Waals surface area contributed by atoms with Crippen molar-refractivity contribution in [3.05, 3.63) is 0 Å². The summed E-state index contributed by atoms with van der Waals surface area (Å²) in [6.45, 7) is 1.89. The largest absolute Gasteiger partial charge is 0.355 e. The number of nitrogens with two attached hydrogens (primary N) is 1. The summed E-state index contributed by atoms with van der Waals surface area (Å²) in [5, 5.41) is 5.04. The lowest BCUT2D eigenvalue weighted by Gasteiger charge is -2.06. The molecular weight excluding hydrogens is 210 g/mol. The van der Waals surface area contributed by atoms with Crippen LogP contribution in [0.3, 0.4) is 0 Å². The van der Waals surface area contributed by atoms with Crippen molar-refractivity contribution in [3.63, 3.8) is 0 Å². The summed E-state index contributed by atoms with van der Waals surface area (Å²) in [4.78, 5) is 31.8. The Hall–Kier alpha value is -1.43. The fourth-order valence-corrected chi connectivity index (χ4v) is 1.07. The van der Waals surface area contributed by atoms with Crippen LogP contribution in [-0.2, 0) is 14.4 Å². The number of hydrogen-bond donors (Lipinski definition) is 3. The van der Waals surface area contributed by atoms with E-state index in [2.05, 4.69) is 10.6 Å². The van der Waals surface area contributed by atoms with Crippen molar-refractivity contribution in [2.45, 2.75) is 32.2 Å². The van der Waals surface area contributed by atoms with Gasteiger partial charge in [0.05, 0.1) is 12.6 Å². The maximum absolute atomic E-state index is 11.1. The predicted molar refractivity (Wildman–Crippen MR) is 59.6 cm³/mol. The number of hydrogen-bond acceptors (Lipinski definition) is 4. The lowest BCUT2D eigenvalue weighted by molar-refractivity contribution is -0.125. The van der Waals surface area contributed by atoms with E-state index in [1.54, 1.807) is 0 Å². The van der Waals surface area contributed by atoms with E-state index in [1.807, 2.05) is 0 Å². The van der Waals surface area contributed by atoms with Crippen molar-refractivity contribution in [3.8, 4) is 0 Å². The first-order valence-corrected chi connectivity index (χ1v) is 5.28. The van der Waals surface area contributed by atoms with Crippen LogP contribution in [0.15, 0.2) is 0 Å². The molecule has 0 aliphatic heterocycles. The molecule has 0 bridgehead atoms. The van der Waals surface area contributed by atoms with Crippen LogP contribution < -0.4 is 16.4 Å². The first kappa shape index (κ1) is 14.6. The quantitative estimate of drug-likeness (QED) is 0.364. The van der Waals surface area contributed by atoms with Gasteiger partial charge in [0.1, 0.15) is 6.29 Å². The van der Waals surface area contributed by atoms with Crippen molar-refractivity contribution in [2.75, 3.05) is 13.1 Å². The maximum atomic E-state index is 11.1. The predicted octanol–water partition coefficient (Wildman–Crippen LogP) is -1.06. The number of carbonyl (C=O) groups excluding carboxylic acids is 3. The molecule has 0 saturated heterocycles. The average molecular weight is 229 g/mol. The third-order valence-corrected chi connectivity index (χ3v) is 1.96. The molecule has 92 valence electrons. The van der Waals surface area contributed by atoms with Crippen molar-refractivity contribution >= 4 is 18.1 Å². The third kappa shape index (κ3) is 9.14. The van der Waals surface area contributed by atoms with Gasteiger partial charge in [-0.05, 0) is 19.3 Å². The second kappa shape index (κ2) is 8.84. The van der Waals surface area contributed by atoms with Gasteiger partial charge in [0.15, 0.2) is 0 Å². The zero-order chi connectivity index (χ0) is 12.4. The van der Waals surface area contributed by atoms with Gasteiger partial charge >= 0.3 is 0 Å². The summed E-state index contributed by atoms with van der Waals surface area (Å²) in [6, 6.07) is -0.407. The van der Waals surface area contributed by atoms with Crippen molar-refractivity contribution in [1.82, 2.24) is 10.6 Å². The number of nitrogens with one attached hydrogen (secondary N) is 2. The number of carbonyl (C=O) groups is 3. The van der Waals surface area contributed by atoms with Gasteiger partial charge in [-0.15, -0.1) is 0 Å². The summed E-state index contributed by atoms with van der Waals surface area (Å²) in [5.41, 5.74) is 5.39. The molecule has 0 fully saturated rings. The number of amides is 2. The normalized spacial score (nSPS) is 11.6. The maximum Gasteiger partial charge on any atom is 0.239 e. The van der Waals surface area contributed by atoms with Gasteiger partial charge in [0, 0.05) is 13.5 Å². The molecule has 6 heteroatoms. The van der Waals surface area contributed by atoms with Crippen LogP contribution in [-0.4, -0.2) is 37.2 Å². The standard InChI is InChI=1S/C10H19N3O3/c1-8(15)13-6-10(16)12-5-3-2-4-9(11)7-14/h7,9H,2-6,11H2,1H3,(H,12,16)(H,13,15). The fourth-order valence-electron chi connectivity index (χ4n) is 1.07. The Morgan fingerprint density at radius 1 is 1.31 bits per heavy atom. The Kier molecular flexibility index (Phi) is 8.05. The molecule has 0 aromatic carbocycles. The minimum absolute atomic E-state index is 0.00316. The molecule has 0 spiro atoms. The highest BCUT2D eigenvalue weighted by atomic mass is 16.2. The number of rotatable bonds is 8. The Balaban J connectivity index is 3.34. The zero-order valence-electron chi connectivity index (χ0n) is 9.49. The van der Waals surface area contributed by atoms with E-state index in [9.17, 15) is 14.4 Å². The molecule has 0 saturated carbocycles. The highest BCUT2D eigenvalue weighted by molar-refractivity contribution is 5.83. The Labute approximate surface area is 94.9 Å². The molecule has 0 radical (unpaired) electrons. The van der Waals surface area contributed by atoms with Crippen molar-refractivity contribution < 1.29 is 14.4 Å². The lowest BCUT2D eigenvalue weighted by Crippen LogP contribution is -2.36. The van der Waals surface area contributed by atoms with Crippen LogP contribution in [0.2, 0.25) is 0 Å². The van der Waals surface area contributed by atoms with E-state index in [0.29, 0.717) is 13.0 Å². The molecule has 0 aromatic rings. The topological polar surface area (TPSA) is 101 Å². The van der Waals surface area contributed by atoms with E-state index in [-0.39, 0.29) is 18.4 Å². The van der Waals surface area contributed by atoms with Gasteiger partial charge in [0.25, 0.3) is 0 Å². The number of aldehydes is 1. The summed E-state index contributed by atoms with van der Waals surface area (Å²) in [5.74, 6) is -0.443. The zero-order valence-corrected chi connectivity index (χ0v) is 9.49. The lowest BCUT2D eigenvalue weighted by atomic mass is 10.1. The van der Waals surface area contributed by atoms with Gasteiger partial charge in [-0.3, -0.25) is 9.59 Å². The van der Waals surface area contributed by atoms with E-state index in [4.69, 9.17) is 5.73 Å².